The topological polar surface area (TPSA) is 62.4 Å². The molecule has 1 atom stereocenters. The van der Waals surface area contributed by atoms with Crippen LogP contribution in [0, 0.1) is 0 Å². The smallest absolute Gasteiger partial charge is 0.206 e. The number of aliphatic imine (C=N–C) groups is 1. The molecule has 4 N–H and O–H groups in total. The van der Waals surface area contributed by atoms with E-state index in [-0.39, 0.29) is 0 Å². The average Bonchev–Trinajstić information content (AvgIpc) is 2.39. The van der Waals surface area contributed by atoms with E-state index in [1.807, 2.05) is 0 Å². The lowest BCUT2D eigenvalue weighted by atomic mass is 9.96. The second kappa shape index (κ2) is 9.20. The van der Waals surface area contributed by atoms with Crippen LogP contribution in [0.25, 0.3) is 0 Å². The fourth-order valence-electron chi connectivity index (χ4n) is 2.52. The van der Waals surface area contributed by atoms with E-state index in [2.05, 4.69) is 24.6 Å². The van der Waals surface area contributed by atoms with E-state index < -0.39 is 0 Å². The number of hydrogen-bond donors (Lipinski definition) is 3. The van der Waals surface area contributed by atoms with E-state index >= 15 is 0 Å². The maximum atomic E-state index is 5.55. The first-order chi connectivity index (χ1) is 8.76. The third kappa shape index (κ3) is 6.24. The molecule has 4 heteroatoms. The normalized spacial score (nSPS) is 19.6. The van der Waals surface area contributed by atoms with Gasteiger partial charge in [-0.05, 0) is 26.2 Å². The summed E-state index contributed by atoms with van der Waals surface area (Å²) >= 11 is 0. The Kier molecular flexibility index (Phi) is 7.81. The van der Waals surface area contributed by atoms with Gasteiger partial charge in [-0.25, -0.2) is 10.8 Å². The minimum absolute atomic E-state index is 0.440. The van der Waals surface area contributed by atoms with Crippen molar-refractivity contribution < 1.29 is 0 Å². The van der Waals surface area contributed by atoms with Crippen LogP contribution in [0.5, 0.6) is 0 Å². The molecule has 4 nitrogen and oxygen atoms in total. The van der Waals surface area contributed by atoms with Crippen molar-refractivity contribution in [3.8, 4) is 0 Å². The monoisotopic (exact) mass is 254 g/mol. The molecule has 0 spiro atoms. The van der Waals surface area contributed by atoms with Gasteiger partial charge in [0.1, 0.15) is 0 Å². The number of hydrazine groups is 1. The molecule has 1 aliphatic rings. The van der Waals surface area contributed by atoms with Gasteiger partial charge in [0.2, 0.25) is 5.96 Å². The molecular formula is C14H30N4. The van der Waals surface area contributed by atoms with E-state index in [4.69, 9.17) is 10.8 Å². The van der Waals surface area contributed by atoms with Crippen molar-refractivity contribution in [1.29, 1.82) is 0 Å². The highest BCUT2D eigenvalue weighted by Gasteiger charge is 2.13. The zero-order chi connectivity index (χ0) is 13.2. The molecule has 1 unspecified atom stereocenters. The largest absolute Gasteiger partial charge is 0.353 e. The summed E-state index contributed by atoms with van der Waals surface area (Å²) < 4.78 is 0. The maximum absolute atomic E-state index is 5.55. The minimum Gasteiger partial charge on any atom is -0.353 e. The second-order valence-corrected chi connectivity index (χ2v) is 5.46. The Hall–Kier alpha value is -0.770. The predicted octanol–water partition coefficient (Wildman–Crippen LogP) is 2.70. The standard InChI is InChI=1S/C14H30N4/c1-3-4-6-9-12(2)16-14(18-15)17-13-10-7-5-8-11-13/h12-13H,3-11,15H2,1-2H3,(H2,16,17,18). The Labute approximate surface area is 112 Å². The van der Waals surface area contributed by atoms with Gasteiger partial charge in [0.05, 0.1) is 6.04 Å². The van der Waals surface area contributed by atoms with E-state index in [1.165, 1.54) is 57.8 Å². The summed E-state index contributed by atoms with van der Waals surface area (Å²) in [4.78, 5) is 4.69. The summed E-state index contributed by atoms with van der Waals surface area (Å²) in [5.41, 5.74) is 2.71. The van der Waals surface area contributed by atoms with Gasteiger partial charge >= 0.3 is 0 Å². The van der Waals surface area contributed by atoms with Crippen LogP contribution >= 0.6 is 0 Å². The summed E-state index contributed by atoms with van der Waals surface area (Å²) in [5, 5.41) is 3.39. The zero-order valence-corrected chi connectivity index (χ0v) is 12.0. The Morgan fingerprint density at radius 3 is 2.61 bits per heavy atom. The molecule has 0 radical (unpaired) electrons. The lowest BCUT2D eigenvalue weighted by Gasteiger charge is -2.21. The zero-order valence-electron chi connectivity index (χ0n) is 12.0. The first kappa shape index (κ1) is 15.3. The molecule has 1 aliphatic carbocycles. The summed E-state index contributed by atoms with van der Waals surface area (Å²) in [6.45, 7) is 4.43. The maximum Gasteiger partial charge on any atom is 0.206 e. The number of hydrogen-bond acceptors (Lipinski definition) is 2. The number of nitrogens with two attached hydrogens (primary N) is 1. The third-order valence-electron chi connectivity index (χ3n) is 3.65. The second-order valence-electron chi connectivity index (χ2n) is 5.46. The SMILES string of the molecule is CCCCCC(C)NC(=NC1CCCCC1)NN. The van der Waals surface area contributed by atoms with E-state index in [0.717, 1.165) is 5.96 Å². The Bertz CT molecular complexity index is 234. The van der Waals surface area contributed by atoms with E-state index in [9.17, 15) is 0 Å². The van der Waals surface area contributed by atoms with Crippen molar-refractivity contribution in [2.45, 2.75) is 83.7 Å². The van der Waals surface area contributed by atoms with Crippen LogP contribution in [-0.4, -0.2) is 18.0 Å². The number of unbranched alkanes of at least 4 members (excludes halogenated alkanes) is 2. The highest BCUT2D eigenvalue weighted by Crippen LogP contribution is 2.20. The summed E-state index contributed by atoms with van der Waals surface area (Å²) in [6.07, 6.45) is 11.4. The third-order valence-corrected chi connectivity index (χ3v) is 3.65. The van der Waals surface area contributed by atoms with Gasteiger partial charge in [0, 0.05) is 6.04 Å². The molecule has 0 amide bonds. The fraction of sp³-hybridized carbons (Fsp3) is 0.929. The molecule has 0 aliphatic heterocycles. The van der Waals surface area contributed by atoms with Crippen molar-refractivity contribution in [2.24, 2.45) is 10.8 Å². The van der Waals surface area contributed by atoms with Crippen LogP contribution in [0.2, 0.25) is 0 Å². The highest BCUT2D eigenvalue weighted by molar-refractivity contribution is 5.79. The highest BCUT2D eigenvalue weighted by atomic mass is 15.3. The van der Waals surface area contributed by atoms with Crippen molar-refractivity contribution in [2.75, 3.05) is 0 Å². The molecule has 18 heavy (non-hydrogen) atoms. The Balaban J connectivity index is 2.32. The van der Waals surface area contributed by atoms with Crippen molar-refractivity contribution in [1.82, 2.24) is 10.7 Å². The first-order valence-corrected chi connectivity index (χ1v) is 7.57. The number of nitrogens with zero attached hydrogens (tertiary/aromatic N) is 1. The van der Waals surface area contributed by atoms with Crippen molar-refractivity contribution in [3.05, 3.63) is 0 Å². The number of rotatable bonds is 6. The van der Waals surface area contributed by atoms with Crippen LogP contribution in [0.4, 0.5) is 0 Å². The Morgan fingerprint density at radius 2 is 2.00 bits per heavy atom. The molecule has 1 rings (SSSR count). The van der Waals surface area contributed by atoms with Gasteiger partial charge in [-0.1, -0.05) is 45.4 Å². The first-order valence-electron chi connectivity index (χ1n) is 7.57. The van der Waals surface area contributed by atoms with Crippen molar-refractivity contribution >= 4 is 5.96 Å². The van der Waals surface area contributed by atoms with Crippen molar-refractivity contribution in [3.63, 3.8) is 0 Å². The van der Waals surface area contributed by atoms with Crippen LogP contribution in [0.15, 0.2) is 4.99 Å². The van der Waals surface area contributed by atoms with Gasteiger partial charge in [-0.3, -0.25) is 5.43 Å². The van der Waals surface area contributed by atoms with E-state index in [0.29, 0.717) is 12.1 Å². The van der Waals surface area contributed by atoms with Crippen LogP contribution in [-0.2, 0) is 0 Å². The fourth-order valence-corrected chi connectivity index (χ4v) is 2.52. The molecule has 1 saturated carbocycles. The molecule has 0 saturated heterocycles. The average molecular weight is 254 g/mol. The molecule has 0 bridgehead atoms. The number of nitrogens with one attached hydrogen (secondary N) is 2. The minimum atomic E-state index is 0.440. The summed E-state index contributed by atoms with van der Waals surface area (Å²) in [5.74, 6) is 6.32. The molecule has 1 fully saturated rings. The lowest BCUT2D eigenvalue weighted by Crippen LogP contribution is -2.46. The molecule has 106 valence electrons. The molecule has 0 aromatic carbocycles. The molecular weight excluding hydrogens is 224 g/mol. The Morgan fingerprint density at radius 1 is 1.28 bits per heavy atom. The number of guanidine groups is 1. The van der Waals surface area contributed by atoms with Crippen LogP contribution in [0.3, 0.4) is 0 Å². The predicted molar refractivity (Wildman–Crippen MR) is 78.4 cm³/mol. The lowest BCUT2D eigenvalue weighted by molar-refractivity contribution is 0.439. The molecule has 0 aromatic rings. The summed E-state index contributed by atoms with van der Waals surface area (Å²) in [6, 6.07) is 0.898. The van der Waals surface area contributed by atoms with Gasteiger partial charge < -0.3 is 5.32 Å². The van der Waals surface area contributed by atoms with Crippen LogP contribution < -0.4 is 16.6 Å². The van der Waals surface area contributed by atoms with Gasteiger partial charge in [-0.15, -0.1) is 0 Å². The van der Waals surface area contributed by atoms with E-state index in [1.54, 1.807) is 0 Å². The van der Waals surface area contributed by atoms with Gasteiger partial charge in [0.15, 0.2) is 0 Å². The quantitative estimate of drug-likeness (QED) is 0.224. The van der Waals surface area contributed by atoms with Gasteiger partial charge in [0.25, 0.3) is 0 Å². The molecule has 0 aromatic heterocycles. The molecule has 0 heterocycles. The summed E-state index contributed by atoms with van der Waals surface area (Å²) in [7, 11) is 0. The van der Waals surface area contributed by atoms with Gasteiger partial charge in [-0.2, -0.15) is 0 Å². The van der Waals surface area contributed by atoms with Crippen LogP contribution in [0.1, 0.15) is 71.6 Å².